The van der Waals surface area contributed by atoms with Crippen molar-refractivity contribution in [2.24, 2.45) is 0 Å². The zero-order valence-corrected chi connectivity index (χ0v) is 16.6. The molecule has 6 heteroatoms. The number of rotatable bonds is 6. The van der Waals surface area contributed by atoms with Crippen molar-refractivity contribution in [3.63, 3.8) is 0 Å². The number of aromatic nitrogens is 3. The fraction of sp³-hybridized carbons (Fsp3) is 0.273. The van der Waals surface area contributed by atoms with E-state index in [9.17, 15) is 4.79 Å². The van der Waals surface area contributed by atoms with E-state index in [-0.39, 0.29) is 11.9 Å². The van der Waals surface area contributed by atoms with Gasteiger partial charge in [-0.1, -0.05) is 18.2 Å². The van der Waals surface area contributed by atoms with Gasteiger partial charge in [0.25, 0.3) is 5.91 Å². The second-order valence-corrected chi connectivity index (χ2v) is 6.99. The molecule has 1 atom stereocenters. The summed E-state index contributed by atoms with van der Waals surface area (Å²) in [4.78, 5) is 27.8. The number of carbonyl (C=O) groups excluding carboxylic acids is 1. The first kappa shape index (κ1) is 19.5. The lowest BCUT2D eigenvalue weighted by atomic mass is 10.1. The highest BCUT2D eigenvalue weighted by Gasteiger charge is 2.19. The SMILES string of the molecule is CC(C)Nc1ccnc(-c2ccc(C(=O)N(C)[C@@H](C)c3ccccn3)cc2)n1. The van der Waals surface area contributed by atoms with Crippen LogP contribution in [0.3, 0.4) is 0 Å². The molecule has 1 amide bonds. The Hall–Kier alpha value is -3.28. The van der Waals surface area contributed by atoms with E-state index in [4.69, 9.17) is 0 Å². The Kier molecular flexibility index (Phi) is 5.99. The molecule has 0 aliphatic rings. The minimum absolute atomic E-state index is 0.0548. The van der Waals surface area contributed by atoms with E-state index in [0.717, 1.165) is 17.1 Å². The number of hydrogen-bond donors (Lipinski definition) is 1. The summed E-state index contributed by atoms with van der Waals surface area (Å²) in [7, 11) is 1.79. The Morgan fingerprint density at radius 1 is 0.964 bits per heavy atom. The molecule has 6 nitrogen and oxygen atoms in total. The minimum Gasteiger partial charge on any atom is -0.368 e. The quantitative estimate of drug-likeness (QED) is 0.699. The van der Waals surface area contributed by atoms with Crippen molar-refractivity contribution in [2.75, 3.05) is 12.4 Å². The fourth-order valence-corrected chi connectivity index (χ4v) is 2.84. The van der Waals surface area contributed by atoms with Crippen LogP contribution in [0.5, 0.6) is 0 Å². The summed E-state index contributed by atoms with van der Waals surface area (Å²) in [5.74, 6) is 1.35. The number of nitrogens with one attached hydrogen (secondary N) is 1. The number of nitrogens with zero attached hydrogens (tertiary/aromatic N) is 4. The Morgan fingerprint density at radius 3 is 2.36 bits per heavy atom. The average Bonchev–Trinajstić information content (AvgIpc) is 2.72. The van der Waals surface area contributed by atoms with Gasteiger partial charge in [0.15, 0.2) is 5.82 Å². The summed E-state index contributed by atoms with van der Waals surface area (Å²) in [6.45, 7) is 6.09. The molecule has 0 saturated carbocycles. The number of anilines is 1. The number of carbonyl (C=O) groups is 1. The van der Waals surface area contributed by atoms with Crippen LogP contribution in [0.15, 0.2) is 60.9 Å². The lowest BCUT2D eigenvalue weighted by Crippen LogP contribution is -2.30. The Labute approximate surface area is 165 Å². The van der Waals surface area contributed by atoms with Crippen LogP contribution >= 0.6 is 0 Å². The zero-order valence-electron chi connectivity index (χ0n) is 16.6. The van der Waals surface area contributed by atoms with Crippen molar-refractivity contribution >= 4 is 11.7 Å². The first-order valence-electron chi connectivity index (χ1n) is 9.34. The first-order valence-corrected chi connectivity index (χ1v) is 9.34. The number of hydrogen-bond acceptors (Lipinski definition) is 5. The van der Waals surface area contributed by atoms with Gasteiger partial charge in [-0.25, -0.2) is 9.97 Å². The van der Waals surface area contributed by atoms with Gasteiger partial charge in [-0.3, -0.25) is 9.78 Å². The van der Waals surface area contributed by atoms with E-state index in [0.29, 0.717) is 17.4 Å². The van der Waals surface area contributed by atoms with Crippen LogP contribution in [0.25, 0.3) is 11.4 Å². The van der Waals surface area contributed by atoms with E-state index in [1.165, 1.54) is 0 Å². The Morgan fingerprint density at radius 2 is 1.71 bits per heavy atom. The Bertz CT molecular complexity index is 925. The highest BCUT2D eigenvalue weighted by molar-refractivity contribution is 5.94. The fourth-order valence-electron chi connectivity index (χ4n) is 2.84. The maximum atomic E-state index is 12.8. The van der Waals surface area contributed by atoms with Gasteiger partial charge in [0.1, 0.15) is 5.82 Å². The third kappa shape index (κ3) is 4.52. The zero-order chi connectivity index (χ0) is 20.1. The van der Waals surface area contributed by atoms with Crippen molar-refractivity contribution in [2.45, 2.75) is 32.9 Å². The van der Waals surface area contributed by atoms with E-state index in [2.05, 4.69) is 34.1 Å². The van der Waals surface area contributed by atoms with Crippen LogP contribution in [0, 0.1) is 0 Å². The van der Waals surface area contributed by atoms with Crippen LogP contribution in [0.2, 0.25) is 0 Å². The molecule has 1 N–H and O–H groups in total. The monoisotopic (exact) mass is 375 g/mol. The summed E-state index contributed by atoms with van der Waals surface area (Å²) < 4.78 is 0. The predicted octanol–water partition coefficient (Wildman–Crippen LogP) is 4.19. The number of benzene rings is 1. The van der Waals surface area contributed by atoms with Crippen LogP contribution < -0.4 is 5.32 Å². The third-order valence-corrected chi connectivity index (χ3v) is 4.50. The highest BCUT2D eigenvalue weighted by atomic mass is 16.2. The Balaban J connectivity index is 1.76. The molecular formula is C22H25N5O. The molecule has 0 bridgehead atoms. The van der Waals surface area contributed by atoms with E-state index in [1.54, 1.807) is 24.3 Å². The molecule has 0 spiro atoms. The van der Waals surface area contributed by atoms with Crippen LogP contribution in [-0.4, -0.2) is 38.8 Å². The van der Waals surface area contributed by atoms with E-state index in [1.807, 2.05) is 55.5 Å². The summed E-state index contributed by atoms with van der Waals surface area (Å²) in [6.07, 6.45) is 3.47. The maximum Gasteiger partial charge on any atom is 0.254 e. The smallest absolute Gasteiger partial charge is 0.254 e. The number of amides is 1. The summed E-state index contributed by atoms with van der Waals surface area (Å²) in [5, 5.41) is 3.27. The number of pyridine rings is 1. The van der Waals surface area contributed by atoms with Crippen molar-refractivity contribution in [3.05, 3.63) is 72.2 Å². The van der Waals surface area contributed by atoms with Crippen LogP contribution in [0.4, 0.5) is 5.82 Å². The average molecular weight is 375 g/mol. The van der Waals surface area contributed by atoms with Gasteiger partial charge >= 0.3 is 0 Å². The van der Waals surface area contributed by atoms with Gasteiger partial charge in [-0.2, -0.15) is 0 Å². The lowest BCUT2D eigenvalue weighted by molar-refractivity contribution is 0.0740. The normalized spacial score (nSPS) is 11.9. The van der Waals surface area contributed by atoms with Crippen LogP contribution in [-0.2, 0) is 0 Å². The molecule has 0 saturated heterocycles. The van der Waals surface area contributed by atoms with E-state index >= 15 is 0 Å². The van der Waals surface area contributed by atoms with Crippen molar-refractivity contribution in [3.8, 4) is 11.4 Å². The molecule has 0 aliphatic carbocycles. The predicted molar refractivity (Wildman–Crippen MR) is 111 cm³/mol. The molecule has 0 fully saturated rings. The third-order valence-electron chi connectivity index (χ3n) is 4.50. The second kappa shape index (κ2) is 8.61. The second-order valence-electron chi connectivity index (χ2n) is 6.99. The van der Waals surface area contributed by atoms with E-state index < -0.39 is 0 Å². The van der Waals surface area contributed by atoms with Gasteiger partial charge in [0.05, 0.1) is 11.7 Å². The summed E-state index contributed by atoms with van der Waals surface area (Å²) >= 11 is 0. The van der Waals surface area contributed by atoms with Gasteiger partial charge < -0.3 is 10.2 Å². The molecular weight excluding hydrogens is 350 g/mol. The summed E-state index contributed by atoms with van der Waals surface area (Å²) in [6, 6.07) is 15.1. The lowest BCUT2D eigenvalue weighted by Gasteiger charge is -2.24. The molecule has 144 valence electrons. The topological polar surface area (TPSA) is 71.0 Å². The molecule has 2 heterocycles. The highest BCUT2D eigenvalue weighted by Crippen LogP contribution is 2.21. The maximum absolute atomic E-state index is 12.8. The standard InChI is InChI=1S/C22H25N5O/c1-15(2)25-20-12-14-24-21(26-20)17-8-10-18(11-9-17)22(28)27(4)16(3)19-7-5-6-13-23-19/h5-16H,1-4H3,(H,24,25,26)/t16-/m0/s1. The van der Waals surface area contributed by atoms with Crippen molar-refractivity contribution in [1.29, 1.82) is 0 Å². The van der Waals surface area contributed by atoms with Gasteiger partial charge in [0.2, 0.25) is 0 Å². The molecule has 0 aliphatic heterocycles. The molecule has 0 unspecified atom stereocenters. The van der Waals surface area contributed by atoms with Crippen molar-refractivity contribution < 1.29 is 4.79 Å². The first-order chi connectivity index (χ1) is 13.5. The molecule has 28 heavy (non-hydrogen) atoms. The minimum atomic E-state index is -0.115. The van der Waals surface area contributed by atoms with Crippen molar-refractivity contribution in [1.82, 2.24) is 19.9 Å². The molecule has 1 aromatic carbocycles. The van der Waals surface area contributed by atoms with Gasteiger partial charge in [-0.05, 0) is 51.1 Å². The molecule has 3 rings (SSSR count). The largest absolute Gasteiger partial charge is 0.368 e. The van der Waals surface area contributed by atoms with Crippen LogP contribution in [0.1, 0.15) is 42.9 Å². The molecule has 0 radical (unpaired) electrons. The van der Waals surface area contributed by atoms with Gasteiger partial charge in [0, 0.05) is 36.6 Å². The summed E-state index contributed by atoms with van der Waals surface area (Å²) in [5.41, 5.74) is 2.34. The van der Waals surface area contributed by atoms with Gasteiger partial charge in [-0.15, -0.1) is 0 Å². The molecule has 2 aromatic heterocycles. The molecule has 3 aromatic rings.